The summed E-state index contributed by atoms with van der Waals surface area (Å²) in [6, 6.07) is 20.6. The molecule has 0 spiro atoms. The van der Waals surface area contributed by atoms with Crippen molar-refractivity contribution in [3.63, 3.8) is 0 Å². The molecule has 1 fully saturated rings. The molecule has 2 aliphatic rings. The van der Waals surface area contributed by atoms with Gasteiger partial charge in [-0.25, -0.2) is 14.6 Å². The minimum Gasteiger partial charge on any atom is -0.460 e. The molecule has 1 atom stereocenters. The molecule has 2 heterocycles. The van der Waals surface area contributed by atoms with Crippen molar-refractivity contribution < 1.29 is 19.1 Å². The number of thioether (sulfide) groups is 1. The van der Waals surface area contributed by atoms with Crippen molar-refractivity contribution in [2.75, 3.05) is 43.3 Å². The van der Waals surface area contributed by atoms with Gasteiger partial charge in [0.05, 0.1) is 29.6 Å². The molecule has 0 radical (unpaired) electrons. The Morgan fingerprint density at radius 2 is 1.87 bits per heavy atom. The van der Waals surface area contributed by atoms with Gasteiger partial charge in [-0.2, -0.15) is 0 Å². The number of amides is 2. The molecule has 196 valence electrons. The Hall–Kier alpha value is -3.82. The molecular formula is C29H30N4O4S. The summed E-state index contributed by atoms with van der Waals surface area (Å²) in [7, 11) is 1.57. The highest BCUT2D eigenvalue weighted by Gasteiger charge is 2.38. The summed E-state index contributed by atoms with van der Waals surface area (Å²) in [5, 5.41) is 8.83. The minimum atomic E-state index is -0.407. The maximum absolute atomic E-state index is 13.2. The van der Waals surface area contributed by atoms with Crippen molar-refractivity contribution in [2.45, 2.75) is 19.4 Å². The third kappa shape index (κ3) is 5.54. The Bertz CT molecular complexity index is 1420. The third-order valence-electron chi connectivity index (χ3n) is 6.50. The monoisotopic (exact) mass is 530 g/mol. The van der Waals surface area contributed by atoms with Crippen LogP contribution < -0.4 is 10.6 Å². The Kier molecular flexibility index (Phi) is 7.95. The lowest BCUT2D eigenvalue weighted by molar-refractivity contribution is -0.141. The van der Waals surface area contributed by atoms with E-state index in [1.807, 2.05) is 73.7 Å². The zero-order valence-corrected chi connectivity index (χ0v) is 22.2. The van der Waals surface area contributed by atoms with E-state index in [4.69, 9.17) is 14.5 Å². The average Bonchev–Trinajstić information content (AvgIpc) is 2.92. The van der Waals surface area contributed by atoms with Gasteiger partial charge in [0.25, 0.3) is 0 Å². The van der Waals surface area contributed by atoms with Crippen molar-refractivity contribution in [3.05, 3.63) is 83.6 Å². The number of fused-ring (bicyclic) bond motifs is 2. The number of urea groups is 1. The fraction of sp³-hybridized carbons (Fsp3) is 0.276. The summed E-state index contributed by atoms with van der Waals surface area (Å²) in [6.45, 7) is 3.11. The number of amidine groups is 1. The van der Waals surface area contributed by atoms with Crippen LogP contribution in [0, 0.1) is 0 Å². The van der Waals surface area contributed by atoms with E-state index in [-0.39, 0.29) is 18.7 Å². The van der Waals surface area contributed by atoms with Gasteiger partial charge in [-0.1, -0.05) is 60.3 Å². The van der Waals surface area contributed by atoms with Crippen molar-refractivity contribution in [1.82, 2.24) is 4.90 Å². The van der Waals surface area contributed by atoms with Crippen molar-refractivity contribution in [3.8, 4) is 0 Å². The molecular weight excluding hydrogens is 500 g/mol. The molecule has 3 aromatic carbocycles. The number of allylic oxidation sites excluding steroid dienone is 1. The number of rotatable bonds is 7. The van der Waals surface area contributed by atoms with Gasteiger partial charge in [0.1, 0.15) is 6.61 Å². The zero-order valence-electron chi connectivity index (χ0n) is 21.4. The number of nitrogens with zero attached hydrogens (tertiary/aromatic N) is 2. The van der Waals surface area contributed by atoms with Gasteiger partial charge < -0.3 is 25.0 Å². The van der Waals surface area contributed by atoms with Crippen molar-refractivity contribution in [1.29, 1.82) is 0 Å². The normalized spacial score (nSPS) is 17.1. The number of hydrogen-bond acceptors (Lipinski definition) is 7. The molecule has 0 bridgehead atoms. The number of methoxy groups -OCH3 is 1. The molecule has 9 heteroatoms. The summed E-state index contributed by atoms with van der Waals surface area (Å²) in [4.78, 5) is 33.0. The van der Waals surface area contributed by atoms with Crippen LogP contribution in [0.2, 0.25) is 0 Å². The first-order chi connectivity index (χ1) is 18.5. The first-order valence-electron chi connectivity index (χ1n) is 12.6. The second-order valence-electron chi connectivity index (χ2n) is 9.05. The van der Waals surface area contributed by atoms with E-state index in [2.05, 4.69) is 15.5 Å². The molecule has 38 heavy (non-hydrogen) atoms. The first kappa shape index (κ1) is 25.8. The Balaban J connectivity index is 1.40. The van der Waals surface area contributed by atoms with Crippen LogP contribution in [0.15, 0.2) is 83.0 Å². The molecule has 5 rings (SSSR count). The van der Waals surface area contributed by atoms with E-state index in [9.17, 15) is 9.59 Å². The van der Waals surface area contributed by atoms with E-state index in [0.717, 1.165) is 45.9 Å². The van der Waals surface area contributed by atoms with Crippen LogP contribution in [0.25, 0.3) is 10.8 Å². The largest absolute Gasteiger partial charge is 0.460 e. The molecule has 1 unspecified atom stereocenters. The first-order valence-corrected chi connectivity index (χ1v) is 13.5. The summed E-state index contributed by atoms with van der Waals surface area (Å²) < 4.78 is 10.6. The lowest BCUT2D eigenvalue weighted by atomic mass is 9.94. The number of anilines is 2. The van der Waals surface area contributed by atoms with Crippen LogP contribution in [-0.2, 0) is 14.3 Å². The highest BCUT2D eigenvalue weighted by molar-refractivity contribution is 8.13. The lowest BCUT2D eigenvalue weighted by Crippen LogP contribution is -2.42. The van der Waals surface area contributed by atoms with E-state index < -0.39 is 5.97 Å². The highest BCUT2D eigenvalue weighted by atomic mass is 32.2. The molecule has 0 saturated carbocycles. The van der Waals surface area contributed by atoms with E-state index >= 15 is 0 Å². The highest BCUT2D eigenvalue weighted by Crippen LogP contribution is 2.40. The number of hydrogen-bond donors (Lipinski definition) is 2. The fourth-order valence-corrected chi connectivity index (χ4v) is 5.80. The Morgan fingerprint density at radius 3 is 2.74 bits per heavy atom. The summed E-state index contributed by atoms with van der Waals surface area (Å²) in [5.41, 5.74) is 3.38. The number of carbonyl (C=O) groups excluding carboxylic acids is 2. The van der Waals surface area contributed by atoms with Crippen LogP contribution in [0.3, 0.4) is 0 Å². The summed E-state index contributed by atoms with van der Waals surface area (Å²) >= 11 is 1.69. The summed E-state index contributed by atoms with van der Waals surface area (Å²) in [6.07, 6.45) is 0.983. The Labute approximate surface area is 226 Å². The predicted octanol–water partition coefficient (Wildman–Crippen LogP) is 5.80. The van der Waals surface area contributed by atoms with Gasteiger partial charge in [0.15, 0.2) is 5.17 Å². The van der Waals surface area contributed by atoms with Crippen molar-refractivity contribution in [2.24, 2.45) is 4.99 Å². The third-order valence-corrected chi connectivity index (χ3v) is 7.57. The molecule has 8 nitrogen and oxygen atoms in total. The van der Waals surface area contributed by atoms with Crippen LogP contribution in [0.1, 0.15) is 24.9 Å². The molecule has 3 aromatic rings. The molecule has 2 aliphatic heterocycles. The van der Waals surface area contributed by atoms with Gasteiger partial charge in [0, 0.05) is 30.5 Å². The van der Waals surface area contributed by atoms with E-state index in [0.29, 0.717) is 23.6 Å². The molecule has 0 aliphatic carbocycles. The fourth-order valence-electron chi connectivity index (χ4n) is 4.78. The van der Waals surface area contributed by atoms with E-state index in [1.54, 1.807) is 18.9 Å². The van der Waals surface area contributed by atoms with Gasteiger partial charge in [-0.3, -0.25) is 0 Å². The number of nitrogens with one attached hydrogen (secondary N) is 2. The number of esters is 1. The second-order valence-corrected chi connectivity index (χ2v) is 10.1. The number of aliphatic imine (C=N–C) groups is 1. The van der Waals surface area contributed by atoms with Gasteiger partial charge in [-0.15, -0.1) is 0 Å². The van der Waals surface area contributed by atoms with Crippen LogP contribution in [0.4, 0.5) is 16.2 Å². The Morgan fingerprint density at radius 1 is 1.05 bits per heavy atom. The SMILES string of the molecule is COCCOC(=O)C1=C(C)N=C2SCCCN2C1c1cccc(NC(=O)Nc2cccc3ccccc23)c1. The zero-order chi connectivity index (χ0) is 26.5. The molecule has 1 saturated heterocycles. The minimum absolute atomic E-state index is 0.167. The standard InChI is InChI=1S/C29H30N4O4S/c1-19-25(27(34)37-16-15-36-2)26(33-14-7-17-38-29(33)30-19)21-10-5-11-22(18-21)31-28(35)32-24-13-6-9-20-8-3-4-12-23(20)24/h3-6,8-13,18,26H,7,14-17H2,1-2H3,(H2,31,32,35). The van der Waals surface area contributed by atoms with Crippen LogP contribution in [-0.4, -0.2) is 54.7 Å². The van der Waals surface area contributed by atoms with Crippen LogP contribution >= 0.6 is 11.8 Å². The van der Waals surface area contributed by atoms with Gasteiger partial charge in [-0.05, 0) is 42.5 Å². The smallest absolute Gasteiger partial charge is 0.338 e. The number of ether oxygens (including phenoxy) is 2. The topological polar surface area (TPSA) is 92.3 Å². The summed E-state index contributed by atoms with van der Waals surface area (Å²) in [5.74, 6) is 0.578. The lowest BCUT2D eigenvalue weighted by Gasteiger charge is -2.40. The average molecular weight is 531 g/mol. The predicted molar refractivity (Wildman–Crippen MR) is 153 cm³/mol. The van der Waals surface area contributed by atoms with Crippen molar-refractivity contribution >= 4 is 51.1 Å². The quantitative estimate of drug-likeness (QED) is 0.296. The maximum atomic E-state index is 13.2. The molecule has 0 aromatic heterocycles. The second kappa shape index (κ2) is 11.7. The molecule has 2 amide bonds. The number of carbonyl (C=O) groups is 2. The maximum Gasteiger partial charge on any atom is 0.338 e. The van der Waals surface area contributed by atoms with Crippen LogP contribution in [0.5, 0.6) is 0 Å². The van der Waals surface area contributed by atoms with E-state index in [1.165, 1.54) is 0 Å². The van der Waals surface area contributed by atoms with Gasteiger partial charge in [0.2, 0.25) is 0 Å². The number of benzene rings is 3. The molecule has 2 N–H and O–H groups in total. The van der Waals surface area contributed by atoms with Gasteiger partial charge >= 0.3 is 12.0 Å².